The molecule has 16 heavy (non-hydrogen) atoms. The third-order valence-electron chi connectivity index (χ3n) is 2.67. The van der Waals surface area contributed by atoms with Crippen molar-refractivity contribution in [2.45, 2.75) is 38.5 Å². The van der Waals surface area contributed by atoms with Gasteiger partial charge in [-0.15, -0.1) is 0 Å². The van der Waals surface area contributed by atoms with Gasteiger partial charge in [0.25, 0.3) is 0 Å². The lowest BCUT2D eigenvalue weighted by Gasteiger charge is -2.08. The van der Waals surface area contributed by atoms with Crippen molar-refractivity contribution >= 4 is 5.82 Å². The Bertz CT molecular complexity index is 350. The summed E-state index contributed by atoms with van der Waals surface area (Å²) in [6, 6.07) is 1.86. The molecule has 2 rings (SSSR count). The van der Waals surface area contributed by atoms with Crippen molar-refractivity contribution in [2.75, 3.05) is 19.0 Å². The molecule has 0 radical (unpaired) electrons. The lowest BCUT2D eigenvalue weighted by molar-refractivity contribution is 0.296. The second-order valence-electron chi connectivity index (χ2n) is 4.18. The van der Waals surface area contributed by atoms with E-state index in [2.05, 4.69) is 22.2 Å². The maximum atomic E-state index is 5.62. The van der Waals surface area contributed by atoms with E-state index < -0.39 is 0 Å². The molecule has 0 unspecified atom stereocenters. The largest absolute Gasteiger partial charge is 0.478 e. The SMILES string of the molecule is CCCCOc1cc(NC)nc(C2CC2)n1. The van der Waals surface area contributed by atoms with E-state index in [-0.39, 0.29) is 0 Å². The van der Waals surface area contributed by atoms with Gasteiger partial charge in [-0.25, -0.2) is 4.98 Å². The molecule has 4 nitrogen and oxygen atoms in total. The molecule has 1 aliphatic rings. The van der Waals surface area contributed by atoms with Crippen molar-refractivity contribution in [1.82, 2.24) is 9.97 Å². The van der Waals surface area contributed by atoms with Gasteiger partial charge in [-0.05, 0) is 19.3 Å². The van der Waals surface area contributed by atoms with Crippen LogP contribution in [0.4, 0.5) is 5.82 Å². The highest BCUT2D eigenvalue weighted by Crippen LogP contribution is 2.39. The summed E-state index contributed by atoms with van der Waals surface area (Å²) >= 11 is 0. The molecule has 1 N–H and O–H groups in total. The second kappa shape index (κ2) is 5.14. The van der Waals surface area contributed by atoms with Crippen LogP contribution in [0.1, 0.15) is 44.3 Å². The van der Waals surface area contributed by atoms with Crippen molar-refractivity contribution < 1.29 is 4.74 Å². The number of ether oxygens (including phenoxy) is 1. The van der Waals surface area contributed by atoms with Crippen LogP contribution in [0.2, 0.25) is 0 Å². The first-order chi connectivity index (χ1) is 7.83. The van der Waals surface area contributed by atoms with E-state index in [1.807, 2.05) is 13.1 Å². The molecule has 0 atom stereocenters. The van der Waals surface area contributed by atoms with Crippen LogP contribution in [0.25, 0.3) is 0 Å². The van der Waals surface area contributed by atoms with Crippen LogP contribution in [-0.4, -0.2) is 23.6 Å². The molecule has 0 bridgehead atoms. The minimum atomic E-state index is 0.557. The minimum absolute atomic E-state index is 0.557. The molecule has 88 valence electrons. The smallest absolute Gasteiger partial charge is 0.218 e. The molecule has 1 aromatic rings. The fourth-order valence-electron chi connectivity index (χ4n) is 1.49. The van der Waals surface area contributed by atoms with Crippen LogP contribution in [0.15, 0.2) is 6.07 Å². The number of unbranched alkanes of at least 4 members (excludes halogenated alkanes) is 1. The van der Waals surface area contributed by atoms with E-state index in [4.69, 9.17) is 4.74 Å². The summed E-state index contributed by atoms with van der Waals surface area (Å²) in [5.74, 6) is 3.04. The normalized spacial score (nSPS) is 14.9. The highest BCUT2D eigenvalue weighted by Gasteiger charge is 2.27. The second-order valence-corrected chi connectivity index (χ2v) is 4.18. The van der Waals surface area contributed by atoms with Gasteiger partial charge < -0.3 is 10.1 Å². The maximum absolute atomic E-state index is 5.62. The number of nitrogens with zero attached hydrogens (tertiary/aromatic N) is 2. The average Bonchev–Trinajstić information content (AvgIpc) is 3.13. The van der Waals surface area contributed by atoms with Gasteiger partial charge in [-0.2, -0.15) is 4.98 Å². The standard InChI is InChI=1S/C12H19N3O/c1-3-4-7-16-11-8-10(13-2)14-12(15-11)9-5-6-9/h8-9H,3-7H2,1-2H3,(H,13,14,15). The molecular formula is C12H19N3O. The van der Waals surface area contributed by atoms with Crippen LogP contribution in [0.3, 0.4) is 0 Å². The molecule has 4 heteroatoms. The van der Waals surface area contributed by atoms with E-state index >= 15 is 0 Å². The van der Waals surface area contributed by atoms with Crippen LogP contribution in [0.5, 0.6) is 5.88 Å². The van der Waals surface area contributed by atoms with E-state index in [0.29, 0.717) is 11.8 Å². The number of hydrogen-bond acceptors (Lipinski definition) is 4. The van der Waals surface area contributed by atoms with Crippen molar-refractivity contribution in [2.24, 2.45) is 0 Å². The van der Waals surface area contributed by atoms with Gasteiger partial charge in [0.1, 0.15) is 11.6 Å². The Morgan fingerprint density at radius 1 is 1.44 bits per heavy atom. The highest BCUT2D eigenvalue weighted by molar-refractivity contribution is 5.38. The van der Waals surface area contributed by atoms with Gasteiger partial charge in [-0.3, -0.25) is 0 Å². The zero-order chi connectivity index (χ0) is 11.4. The Morgan fingerprint density at radius 3 is 2.88 bits per heavy atom. The van der Waals surface area contributed by atoms with Crippen molar-refractivity contribution in [3.05, 3.63) is 11.9 Å². The Labute approximate surface area is 96.4 Å². The molecule has 1 saturated carbocycles. The van der Waals surface area contributed by atoms with Gasteiger partial charge in [0.2, 0.25) is 5.88 Å². The van der Waals surface area contributed by atoms with Crippen molar-refractivity contribution in [3.8, 4) is 5.88 Å². The maximum Gasteiger partial charge on any atom is 0.218 e. The zero-order valence-corrected chi connectivity index (χ0v) is 9.99. The molecule has 0 amide bonds. The molecule has 1 heterocycles. The molecule has 0 spiro atoms. The predicted octanol–water partition coefficient (Wildman–Crippen LogP) is 2.57. The van der Waals surface area contributed by atoms with Gasteiger partial charge in [-0.1, -0.05) is 13.3 Å². The Hall–Kier alpha value is -1.32. The number of nitrogens with one attached hydrogen (secondary N) is 1. The van der Waals surface area contributed by atoms with Crippen molar-refractivity contribution in [1.29, 1.82) is 0 Å². The van der Waals surface area contributed by atoms with Crippen LogP contribution in [-0.2, 0) is 0 Å². The van der Waals surface area contributed by atoms with Gasteiger partial charge in [0.05, 0.1) is 6.61 Å². The first-order valence-electron chi connectivity index (χ1n) is 6.03. The molecule has 1 aliphatic carbocycles. The number of anilines is 1. The van der Waals surface area contributed by atoms with Crippen LogP contribution < -0.4 is 10.1 Å². The highest BCUT2D eigenvalue weighted by atomic mass is 16.5. The summed E-state index contributed by atoms with van der Waals surface area (Å²) in [5, 5.41) is 3.05. The molecule has 0 aromatic carbocycles. The fraction of sp³-hybridized carbons (Fsp3) is 0.667. The topological polar surface area (TPSA) is 47.0 Å². The summed E-state index contributed by atoms with van der Waals surface area (Å²) in [5.41, 5.74) is 0. The quantitative estimate of drug-likeness (QED) is 0.750. The lowest BCUT2D eigenvalue weighted by Crippen LogP contribution is -2.04. The molecule has 1 fully saturated rings. The number of rotatable bonds is 6. The first kappa shape index (κ1) is 11.2. The number of aromatic nitrogens is 2. The third-order valence-corrected chi connectivity index (χ3v) is 2.67. The minimum Gasteiger partial charge on any atom is -0.478 e. The summed E-state index contributed by atoms with van der Waals surface area (Å²) in [4.78, 5) is 8.88. The van der Waals surface area contributed by atoms with Crippen LogP contribution >= 0.6 is 0 Å². The summed E-state index contributed by atoms with van der Waals surface area (Å²) in [6.45, 7) is 2.89. The number of hydrogen-bond donors (Lipinski definition) is 1. The zero-order valence-electron chi connectivity index (χ0n) is 9.99. The third kappa shape index (κ3) is 2.84. The Morgan fingerprint density at radius 2 is 2.25 bits per heavy atom. The summed E-state index contributed by atoms with van der Waals surface area (Å²) in [6.07, 6.45) is 4.63. The van der Waals surface area contributed by atoms with E-state index in [9.17, 15) is 0 Å². The van der Waals surface area contributed by atoms with Gasteiger partial charge in [0.15, 0.2) is 0 Å². The van der Waals surface area contributed by atoms with Crippen LogP contribution in [0, 0.1) is 0 Å². The lowest BCUT2D eigenvalue weighted by atomic mass is 10.3. The van der Waals surface area contributed by atoms with Gasteiger partial charge in [0, 0.05) is 19.0 Å². The fourth-order valence-corrected chi connectivity index (χ4v) is 1.49. The molecule has 0 saturated heterocycles. The predicted molar refractivity (Wildman–Crippen MR) is 64.0 cm³/mol. The monoisotopic (exact) mass is 221 g/mol. The summed E-state index contributed by atoms with van der Waals surface area (Å²) in [7, 11) is 1.87. The Balaban J connectivity index is 2.06. The Kier molecular flexibility index (Phi) is 3.59. The van der Waals surface area contributed by atoms with E-state index in [1.54, 1.807) is 0 Å². The van der Waals surface area contributed by atoms with E-state index in [1.165, 1.54) is 12.8 Å². The first-order valence-corrected chi connectivity index (χ1v) is 6.03. The molecule has 1 aromatic heterocycles. The van der Waals surface area contributed by atoms with Gasteiger partial charge >= 0.3 is 0 Å². The molecular weight excluding hydrogens is 202 g/mol. The summed E-state index contributed by atoms with van der Waals surface area (Å²) < 4.78 is 5.62. The molecule has 0 aliphatic heterocycles. The van der Waals surface area contributed by atoms with E-state index in [0.717, 1.165) is 31.1 Å². The van der Waals surface area contributed by atoms with Crippen molar-refractivity contribution in [3.63, 3.8) is 0 Å². The average molecular weight is 221 g/mol.